The molecule has 29 heavy (non-hydrogen) atoms. The van der Waals surface area contributed by atoms with E-state index in [1.54, 1.807) is 0 Å². The number of anilines is 1. The fourth-order valence-corrected chi connectivity index (χ4v) is 4.19. The van der Waals surface area contributed by atoms with Gasteiger partial charge in [0, 0.05) is 20.1 Å². The predicted molar refractivity (Wildman–Crippen MR) is 109 cm³/mol. The van der Waals surface area contributed by atoms with Crippen molar-refractivity contribution in [3.05, 3.63) is 58.9 Å². The molecule has 0 saturated carbocycles. The monoisotopic (exact) mass is 463 g/mol. The summed E-state index contributed by atoms with van der Waals surface area (Å²) >= 11 is 6.02. The van der Waals surface area contributed by atoms with Gasteiger partial charge in [-0.15, -0.1) is 0 Å². The first-order valence-corrected chi connectivity index (χ1v) is 11.9. The zero-order valence-electron chi connectivity index (χ0n) is 15.5. The second kappa shape index (κ2) is 9.08. The summed E-state index contributed by atoms with van der Waals surface area (Å²) < 4.78 is 64.0. The lowest BCUT2D eigenvalue weighted by atomic mass is 10.2. The van der Waals surface area contributed by atoms with Crippen LogP contribution in [0, 0.1) is 5.82 Å². The van der Waals surface area contributed by atoms with Gasteiger partial charge in [-0.05, 0) is 42.5 Å². The van der Waals surface area contributed by atoms with Gasteiger partial charge >= 0.3 is 0 Å². The molecule has 2 aromatic rings. The first kappa shape index (κ1) is 23.1. The predicted octanol–water partition coefficient (Wildman–Crippen LogP) is 1.58. The third-order valence-electron chi connectivity index (χ3n) is 3.81. The standard InChI is InChI=1S/C17H19ClFN3O5S2/c1-22(13-5-3-12(19)4-6-13)29(26,27)14-7-8-16(18)15(11-14)17(23)20-9-10-21-28(2,24)25/h3-8,11,21H,9-10H2,1-2H3,(H,20,23). The van der Waals surface area contributed by atoms with E-state index in [4.69, 9.17) is 11.6 Å². The number of rotatable bonds is 8. The Morgan fingerprint density at radius 2 is 1.69 bits per heavy atom. The summed E-state index contributed by atoms with van der Waals surface area (Å²) in [5, 5.41) is 2.49. The maximum Gasteiger partial charge on any atom is 0.264 e. The molecule has 2 aromatic carbocycles. The van der Waals surface area contributed by atoms with Gasteiger partial charge in [-0.25, -0.2) is 25.9 Å². The lowest BCUT2D eigenvalue weighted by Crippen LogP contribution is -2.34. The van der Waals surface area contributed by atoms with Crippen molar-refractivity contribution in [1.82, 2.24) is 10.0 Å². The molecule has 0 aliphatic heterocycles. The van der Waals surface area contributed by atoms with E-state index in [1.165, 1.54) is 31.3 Å². The molecule has 0 spiro atoms. The number of benzene rings is 2. The van der Waals surface area contributed by atoms with Crippen LogP contribution in [0.2, 0.25) is 5.02 Å². The molecular formula is C17H19ClFN3O5S2. The molecule has 0 atom stereocenters. The van der Waals surface area contributed by atoms with Crippen LogP contribution in [-0.2, 0) is 20.0 Å². The number of carbonyl (C=O) groups excluding carboxylic acids is 1. The summed E-state index contributed by atoms with van der Waals surface area (Å²) in [5.74, 6) is -1.16. The highest BCUT2D eigenvalue weighted by atomic mass is 35.5. The van der Waals surface area contributed by atoms with Gasteiger partial charge < -0.3 is 5.32 Å². The van der Waals surface area contributed by atoms with Gasteiger partial charge in [-0.3, -0.25) is 9.10 Å². The smallest absolute Gasteiger partial charge is 0.264 e. The Morgan fingerprint density at radius 3 is 2.28 bits per heavy atom. The van der Waals surface area contributed by atoms with Crippen molar-refractivity contribution in [3.63, 3.8) is 0 Å². The summed E-state index contributed by atoms with van der Waals surface area (Å²) in [6, 6.07) is 8.53. The van der Waals surface area contributed by atoms with E-state index in [1.807, 2.05) is 0 Å². The summed E-state index contributed by atoms with van der Waals surface area (Å²) in [4.78, 5) is 12.1. The first-order chi connectivity index (χ1) is 13.4. The van der Waals surface area contributed by atoms with Crippen LogP contribution >= 0.6 is 11.6 Å². The molecule has 1 amide bonds. The molecule has 0 aliphatic rings. The van der Waals surface area contributed by atoms with Crippen LogP contribution in [0.1, 0.15) is 10.4 Å². The summed E-state index contributed by atoms with van der Waals surface area (Å²) in [6.45, 7) is -0.0534. The highest BCUT2D eigenvalue weighted by Crippen LogP contribution is 2.26. The zero-order valence-corrected chi connectivity index (χ0v) is 17.9. The average molecular weight is 464 g/mol. The van der Waals surface area contributed by atoms with Crippen molar-refractivity contribution < 1.29 is 26.0 Å². The second-order valence-corrected chi connectivity index (χ2v) is 10.2. The number of halogens is 2. The van der Waals surface area contributed by atoms with Crippen molar-refractivity contribution >= 4 is 43.2 Å². The Balaban J connectivity index is 2.22. The van der Waals surface area contributed by atoms with Crippen LogP contribution in [0.3, 0.4) is 0 Å². The third-order valence-corrected chi connectivity index (χ3v) is 6.65. The van der Waals surface area contributed by atoms with Crippen LogP contribution in [0.4, 0.5) is 10.1 Å². The van der Waals surface area contributed by atoms with E-state index < -0.39 is 31.8 Å². The van der Waals surface area contributed by atoms with Crippen molar-refractivity contribution in [2.75, 3.05) is 30.7 Å². The largest absolute Gasteiger partial charge is 0.351 e. The fraction of sp³-hybridized carbons (Fsp3) is 0.235. The lowest BCUT2D eigenvalue weighted by Gasteiger charge is -2.20. The maximum atomic E-state index is 13.1. The lowest BCUT2D eigenvalue weighted by molar-refractivity contribution is 0.0954. The van der Waals surface area contributed by atoms with E-state index in [-0.39, 0.29) is 34.3 Å². The Bertz CT molecular complexity index is 1110. The SMILES string of the molecule is CN(c1ccc(F)cc1)S(=O)(=O)c1ccc(Cl)c(C(=O)NCCNS(C)(=O)=O)c1. The van der Waals surface area contributed by atoms with Crippen LogP contribution in [0.25, 0.3) is 0 Å². The molecule has 8 nitrogen and oxygen atoms in total. The highest BCUT2D eigenvalue weighted by molar-refractivity contribution is 7.92. The topological polar surface area (TPSA) is 113 Å². The first-order valence-electron chi connectivity index (χ1n) is 8.19. The van der Waals surface area contributed by atoms with Crippen LogP contribution in [0.15, 0.2) is 47.4 Å². The quantitative estimate of drug-likeness (QED) is 0.577. The minimum atomic E-state index is -4.04. The molecule has 12 heteroatoms. The molecule has 0 aromatic heterocycles. The number of hydrogen-bond acceptors (Lipinski definition) is 5. The highest BCUT2D eigenvalue weighted by Gasteiger charge is 2.23. The van der Waals surface area contributed by atoms with Crippen molar-refractivity contribution in [1.29, 1.82) is 0 Å². The number of sulfonamides is 2. The zero-order chi connectivity index (χ0) is 21.8. The molecule has 0 heterocycles. The summed E-state index contributed by atoms with van der Waals surface area (Å²) in [5.41, 5.74) is 0.152. The maximum absolute atomic E-state index is 13.1. The Labute approximate surface area is 173 Å². The van der Waals surface area contributed by atoms with E-state index in [9.17, 15) is 26.0 Å². The fourth-order valence-electron chi connectivity index (χ4n) is 2.29. The average Bonchev–Trinajstić information content (AvgIpc) is 2.64. The van der Waals surface area contributed by atoms with Gasteiger partial charge in [0.1, 0.15) is 5.82 Å². The van der Waals surface area contributed by atoms with Gasteiger partial charge in [0.2, 0.25) is 10.0 Å². The second-order valence-electron chi connectivity index (χ2n) is 6.01. The van der Waals surface area contributed by atoms with Crippen molar-refractivity contribution in [2.45, 2.75) is 4.90 Å². The molecule has 0 aliphatic carbocycles. The van der Waals surface area contributed by atoms with Crippen molar-refractivity contribution in [3.8, 4) is 0 Å². The van der Waals surface area contributed by atoms with Gasteiger partial charge in [0.05, 0.1) is 27.4 Å². The van der Waals surface area contributed by atoms with Gasteiger partial charge in [-0.1, -0.05) is 11.6 Å². The van der Waals surface area contributed by atoms with E-state index in [2.05, 4.69) is 10.0 Å². The summed E-state index contributed by atoms with van der Waals surface area (Å²) in [7, 11) is -6.14. The molecule has 158 valence electrons. The van der Waals surface area contributed by atoms with E-state index in [0.29, 0.717) is 0 Å². The third kappa shape index (κ3) is 6.13. The molecule has 0 fully saturated rings. The number of nitrogens with one attached hydrogen (secondary N) is 2. The molecule has 0 bridgehead atoms. The number of hydrogen-bond donors (Lipinski definition) is 2. The van der Waals surface area contributed by atoms with Gasteiger partial charge in [0.15, 0.2) is 0 Å². The summed E-state index contributed by atoms with van der Waals surface area (Å²) in [6.07, 6.45) is 0.984. The number of carbonyl (C=O) groups is 1. The molecular weight excluding hydrogens is 445 g/mol. The minimum Gasteiger partial charge on any atom is -0.351 e. The Kier molecular flexibility index (Phi) is 7.22. The molecule has 0 saturated heterocycles. The van der Waals surface area contributed by atoms with Crippen LogP contribution in [-0.4, -0.2) is 49.1 Å². The molecule has 0 unspecified atom stereocenters. The van der Waals surface area contributed by atoms with Gasteiger partial charge in [-0.2, -0.15) is 0 Å². The Morgan fingerprint density at radius 1 is 1.07 bits per heavy atom. The normalized spacial score (nSPS) is 11.9. The van der Waals surface area contributed by atoms with Crippen LogP contribution < -0.4 is 14.3 Å². The number of nitrogens with zero attached hydrogens (tertiary/aromatic N) is 1. The van der Waals surface area contributed by atoms with Crippen molar-refractivity contribution in [2.24, 2.45) is 0 Å². The molecule has 2 rings (SSSR count). The molecule has 0 radical (unpaired) electrons. The van der Waals surface area contributed by atoms with E-state index in [0.717, 1.165) is 28.8 Å². The van der Waals surface area contributed by atoms with E-state index >= 15 is 0 Å². The number of amides is 1. The van der Waals surface area contributed by atoms with Gasteiger partial charge in [0.25, 0.3) is 15.9 Å². The van der Waals surface area contributed by atoms with Crippen LogP contribution in [0.5, 0.6) is 0 Å². The Hall–Kier alpha value is -2.21. The minimum absolute atomic E-state index is 0.0192. The molecule has 2 N–H and O–H groups in total.